The van der Waals surface area contributed by atoms with Gasteiger partial charge in [0, 0.05) is 19.2 Å². The van der Waals surface area contributed by atoms with Crippen LogP contribution in [0.2, 0.25) is 0 Å². The lowest BCUT2D eigenvalue weighted by Crippen LogP contribution is -2.52. The Labute approximate surface area is 145 Å². The normalized spacial score (nSPS) is 30.2. The van der Waals surface area contributed by atoms with Crippen molar-refractivity contribution in [1.29, 1.82) is 0 Å². The van der Waals surface area contributed by atoms with Gasteiger partial charge in [-0.2, -0.15) is 0 Å². The number of nitrogens with zero attached hydrogens (tertiary/aromatic N) is 1. The summed E-state index contributed by atoms with van der Waals surface area (Å²) in [5.41, 5.74) is 0.504. The Morgan fingerprint density at radius 3 is 2.76 bits per heavy atom. The van der Waals surface area contributed by atoms with E-state index in [0.717, 1.165) is 0 Å². The first-order valence-electron chi connectivity index (χ1n) is 8.58. The molecule has 6 nitrogen and oxygen atoms in total. The largest absolute Gasteiger partial charge is 0.465 e. The molecule has 0 N–H and O–H groups in total. The highest BCUT2D eigenvalue weighted by Gasteiger charge is 2.60. The van der Waals surface area contributed by atoms with E-state index in [1.807, 2.05) is 6.07 Å². The van der Waals surface area contributed by atoms with E-state index < -0.39 is 29.0 Å². The van der Waals surface area contributed by atoms with Gasteiger partial charge < -0.3 is 9.64 Å². The van der Waals surface area contributed by atoms with Gasteiger partial charge in [-0.1, -0.05) is 12.1 Å². The number of amides is 1. The van der Waals surface area contributed by atoms with Crippen molar-refractivity contribution < 1.29 is 23.9 Å². The van der Waals surface area contributed by atoms with Crippen LogP contribution in [-0.2, 0) is 29.3 Å². The van der Waals surface area contributed by atoms with Gasteiger partial charge in [0.2, 0.25) is 5.91 Å². The minimum absolute atomic E-state index is 0.112. The number of Topliss-reactive ketones (excluding diaryl/α,β-unsaturated/α-hetero) is 2. The van der Waals surface area contributed by atoms with Crippen LogP contribution in [0.15, 0.2) is 18.2 Å². The van der Waals surface area contributed by atoms with Crippen molar-refractivity contribution in [2.75, 3.05) is 18.6 Å². The lowest BCUT2D eigenvalue weighted by molar-refractivity contribution is -0.158. The van der Waals surface area contributed by atoms with Crippen LogP contribution in [0.25, 0.3) is 0 Å². The van der Waals surface area contributed by atoms with E-state index in [0.29, 0.717) is 16.8 Å². The summed E-state index contributed by atoms with van der Waals surface area (Å²) < 4.78 is 5.26. The standard InChI is InChI=1S/C19H19NO5/c1-3-25-18(24)19-8-7-14(21)10(16(19)22)9-11-15-12(19)5-4-6-13(15)20(2)17(11)23/h4-6,10-11H,3,7-9H2,1-2H3/t10-,11-,19+/m1/s1. The molecule has 3 atom stereocenters. The number of carbonyl (C=O) groups excluding carboxylic acids is 4. The third kappa shape index (κ3) is 1.85. The molecule has 0 unspecified atom stereocenters. The SMILES string of the molecule is CCOC(=O)[C@@]12CCC(=O)[C@@H](C[C@H]3C(=O)N(C)c4cccc1c43)C2=O. The molecule has 1 aliphatic heterocycles. The van der Waals surface area contributed by atoms with E-state index in [-0.39, 0.29) is 37.6 Å². The second-order valence-electron chi connectivity index (χ2n) is 6.93. The number of fused-ring (bicyclic) bond motifs is 3. The summed E-state index contributed by atoms with van der Waals surface area (Å²) in [6.07, 6.45) is 0.405. The second kappa shape index (κ2) is 5.25. The topological polar surface area (TPSA) is 80.8 Å². The first-order valence-corrected chi connectivity index (χ1v) is 8.58. The van der Waals surface area contributed by atoms with Gasteiger partial charge in [-0.25, -0.2) is 0 Å². The second-order valence-corrected chi connectivity index (χ2v) is 6.93. The number of hydrogen-bond acceptors (Lipinski definition) is 5. The average molecular weight is 341 g/mol. The van der Waals surface area contributed by atoms with Crippen molar-refractivity contribution in [1.82, 2.24) is 0 Å². The van der Waals surface area contributed by atoms with Gasteiger partial charge in [-0.3, -0.25) is 19.2 Å². The highest BCUT2D eigenvalue weighted by molar-refractivity contribution is 6.21. The molecular weight excluding hydrogens is 322 g/mol. The van der Waals surface area contributed by atoms with Crippen molar-refractivity contribution in [3.05, 3.63) is 29.3 Å². The molecule has 0 aromatic heterocycles. The summed E-state index contributed by atoms with van der Waals surface area (Å²) in [5.74, 6) is -2.78. The van der Waals surface area contributed by atoms with Gasteiger partial charge >= 0.3 is 5.97 Å². The monoisotopic (exact) mass is 341 g/mol. The predicted octanol–water partition coefficient (Wildman–Crippen LogP) is 1.50. The van der Waals surface area contributed by atoms with Crippen molar-refractivity contribution in [2.45, 2.75) is 37.5 Å². The van der Waals surface area contributed by atoms with Crippen LogP contribution >= 0.6 is 0 Å². The fourth-order valence-corrected chi connectivity index (χ4v) is 4.64. The van der Waals surface area contributed by atoms with Crippen LogP contribution in [0.4, 0.5) is 5.69 Å². The zero-order valence-corrected chi connectivity index (χ0v) is 14.2. The lowest BCUT2D eigenvalue weighted by atomic mass is 9.64. The smallest absolute Gasteiger partial charge is 0.324 e. The zero-order valence-electron chi connectivity index (χ0n) is 14.2. The maximum absolute atomic E-state index is 13.3. The van der Waals surface area contributed by atoms with Gasteiger partial charge in [0.15, 0.2) is 11.2 Å². The molecule has 6 heteroatoms. The molecule has 0 radical (unpaired) electrons. The van der Waals surface area contributed by atoms with Crippen molar-refractivity contribution >= 4 is 29.1 Å². The molecule has 1 heterocycles. The minimum atomic E-state index is -1.47. The number of carbonyl (C=O) groups is 4. The van der Waals surface area contributed by atoms with E-state index in [1.54, 1.807) is 31.0 Å². The maximum Gasteiger partial charge on any atom is 0.324 e. The van der Waals surface area contributed by atoms with E-state index in [4.69, 9.17) is 4.74 Å². The van der Waals surface area contributed by atoms with Crippen molar-refractivity contribution in [3.63, 3.8) is 0 Å². The number of ketones is 2. The van der Waals surface area contributed by atoms with E-state index in [1.165, 1.54) is 0 Å². The molecule has 1 aromatic rings. The first-order chi connectivity index (χ1) is 11.9. The molecule has 3 aliphatic rings. The first kappa shape index (κ1) is 16.0. The Hall–Kier alpha value is -2.50. The Balaban J connectivity index is 2.03. The van der Waals surface area contributed by atoms with Crippen LogP contribution < -0.4 is 4.90 Å². The Kier molecular flexibility index (Phi) is 3.36. The number of likely N-dealkylation sites (N-methyl/N-ethyl adjacent to an activating group) is 1. The fraction of sp³-hybridized carbons (Fsp3) is 0.474. The van der Waals surface area contributed by atoms with Crippen molar-refractivity contribution in [3.8, 4) is 0 Å². The number of benzene rings is 1. The molecule has 4 rings (SSSR count). The summed E-state index contributed by atoms with van der Waals surface area (Å²) in [5, 5.41) is 0. The molecule has 130 valence electrons. The quantitative estimate of drug-likeness (QED) is 0.601. The molecule has 1 amide bonds. The summed E-state index contributed by atoms with van der Waals surface area (Å²) in [7, 11) is 1.68. The number of rotatable bonds is 2. The third-order valence-electron chi connectivity index (χ3n) is 5.85. The van der Waals surface area contributed by atoms with E-state index >= 15 is 0 Å². The Bertz CT molecular complexity index is 829. The van der Waals surface area contributed by atoms with Crippen LogP contribution in [0.3, 0.4) is 0 Å². The Morgan fingerprint density at radius 1 is 1.28 bits per heavy atom. The van der Waals surface area contributed by atoms with Crippen LogP contribution in [0.5, 0.6) is 0 Å². The molecule has 1 fully saturated rings. The molecule has 1 saturated carbocycles. The molecule has 1 aromatic carbocycles. The van der Waals surface area contributed by atoms with E-state index in [2.05, 4.69) is 0 Å². The van der Waals surface area contributed by atoms with Crippen LogP contribution in [0, 0.1) is 5.92 Å². The minimum Gasteiger partial charge on any atom is -0.465 e. The van der Waals surface area contributed by atoms with Gasteiger partial charge in [0.05, 0.1) is 18.4 Å². The molecule has 0 saturated heterocycles. The number of hydrogen-bond donors (Lipinski definition) is 0. The summed E-state index contributed by atoms with van der Waals surface area (Å²) in [4.78, 5) is 52.9. The summed E-state index contributed by atoms with van der Waals surface area (Å²) in [6, 6.07) is 5.31. The van der Waals surface area contributed by atoms with Crippen molar-refractivity contribution in [2.24, 2.45) is 5.92 Å². The molecule has 0 spiro atoms. The fourth-order valence-electron chi connectivity index (χ4n) is 4.64. The lowest BCUT2D eigenvalue weighted by Gasteiger charge is -2.36. The summed E-state index contributed by atoms with van der Waals surface area (Å²) in [6.45, 7) is 1.85. The highest BCUT2D eigenvalue weighted by atomic mass is 16.5. The molecule has 2 bridgehead atoms. The molecule has 25 heavy (non-hydrogen) atoms. The van der Waals surface area contributed by atoms with Gasteiger partial charge in [-0.05, 0) is 37.0 Å². The van der Waals surface area contributed by atoms with Crippen LogP contribution in [-0.4, -0.2) is 37.1 Å². The van der Waals surface area contributed by atoms with Gasteiger partial charge in [-0.15, -0.1) is 0 Å². The predicted molar refractivity (Wildman–Crippen MR) is 88.3 cm³/mol. The maximum atomic E-state index is 13.3. The molecule has 2 aliphatic carbocycles. The summed E-state index contributed by atoms with van der Waals surface area (Å²) >= 11 is 0. The van der Waals surface area contributed by atoms with Gasteiger partial charge in [0.1, 0.15) is 5.78 Å². The number of anilines is 1. The molecular formula is C19H19NO5. The Morgan fingerprint density at radius 2 is 2.04 bits per heavy atom. The van der Waals surface area contributed by atoms with E-state index in [9.17, 15) is 19.2 Å². The average Bonchev–Trinajstić information content (AvgIpc) is 2.79. The number of ether oxygens (including phenoxy) is 1. The number of esters is 1. The van der Waals surface area contributed by atoms with Gasteiger partial charge in [0.25, 0.3) is 0 Å². The highest BCUT2D eigenvalue weighted by Crippen LogP contribution is 2.53. The third-order valence-corrected chi connectivity index (χ3v) is 5.85. The zero-order chi connectivity index (χ0) is 17.9. The van der Waals surface area contributed by atoms with Crippen LogP contribution in [0.1, 0.15) is 43.2 Å².